The molecule has 4 radical (unpaired) electrons. The van der Waals surface area contributed by atoms with E-state index in [0.717, 1.165) is 24.6 Å². The molecular weight excluding hydrogens is 846 g/mol. The van der Waals surface area contributed by atoms with E-state index in [1.54, 1.807) is 0 Å². The number of allylic oxidation sites excluding steroid dienone is 2. The predicted molar refractivity (Wildman–Crippen MR) is 237 cm³/mol. The molecule has 4 aromatic rings. The first-order valence-corrected chi connectivity index (χ1v) is 25.7. The molecule has 4 rings (SSSR count). The average Bonchev–Trinajstić information content (AvgIpc) is 3.12. The fourth-order valence-electron chi connectivity index (χ4n) is 5.76. The molecule has 0 heterocycles. The third-order valence-electron chi connectivity index (χ3n) is 8.57. The minimum atomic E-state index is -1.40. The van der Waals surface area contributed by atoms with Gasteiger partial charge in [-0.2, -0.15) is 0 Å². The van der Waals surface area contributed by atoms with Crippen molar-refractivity contribution in [2.24, 2.45) is 4.99 Å². The summed E-state index contributed by atoms with van der Waals surface area (Å²) in [7, 11) is 0. The van der Waals surface area contributed by atoms with Crippen LogP contribution in [0.15, 0.2) is 114 Å². The van der Waals surface area contributed by atoms with Crippen molar-refractivity contribution in [1.82, 2.24) is 0 Å². The van der Waals surface area contributed by atoms with E-state index in [2.05, 4.69) is 224 Å². The number of rotatable bonds is 12. The first kappa shape index (κ1) is 46.2. The van der Waals surface area contributed by atoms with Gasteiger partial charge in [-0.15, -0.1) is 0 Å². The zero-order chi connectivity index (χ0) is 39.0. The van der Waals surface area contributed by atoms with Gasteiger partial charge in [-0.3, -0.25) is 0 Å². The number of nitrogens with zero attached hydrogens (tertiary/aromatic N) is 2. The quantitative estimate of drug-likeness (QED) is 0.0804. The topological polar surface area (TPSA) is 24.8 Å². The standard InChI is InChI=1S/C29H41GeN2.C12H10PSe2.C4H10O/c1-18(2)24-13-11-14-25(19(3)4)28(24)31-22(9)17-23(10)32(30)29-26(20(5)6)15-12-16-27(29)21(7)8;14-13(15,11-7-3-1-4-8-11)12-9-5-2-6-10-12;1-3-5-4-2/h11-21H,1-10H3;1-10H;3-4H2,1-2H3/b23-17-,31-22?;;. The first-order valence-electron chi connectivity index (χ1n) is 18.6. The molecule has 0 aliphatic carbocycles. The van der Waals surface area contributed by atoms with E-state index in [1.165, 1.54) is 44.2 Å². The van der Waals surface area contributed by atoms with Crippen LogP contribution in [0.25, 0.3) is 0 Å². The number of hydrogen-bond acceptors (Lipinski definition) is 3. The SMILES string of the molecule is CC(/C=C(/C)[N]([Ge])c1c(C(C)C)cccc1C(C)C)=Nc1c(C(C)C)cccc1C(C)C.CCOCC.[Se]P(=[Se])(c1ccccc1)c1ccccc1. The van der Waals surface area contributed by atoms with Crippen molar-refractivity contribution in [3.8, 4) is 0 Å². The monoisotopic (exact) mass is 910 g/mol. The molecule has 0 aromatic heterocycles. The third-order valence-corrected chi connectivity index (χ3v) is 17.0. The van der Waals surface area contributed by atoms with Crippen LogP contribution in [0, 0.1) is 0 Å². The number of hydrogen-bond donors (Lipinski definition) is 0. The summed E-state index contributed by atoms with van der Waals surface area (Å²) in [5.74, 6) is 1.83. The second kappa shape index (κ2) is 23.1. The zero-order valence-corrected chi connectivity index (χ0v) is 40.0. The molecule has 0 saturated heterocycles. The van der Waals surface area contributed by atoms with Gasteiger partial charge in [-0.05, 0) is 13.8 Å². The zero-order valence-electron chi connectivity index (χ0n) is 33.6. The van der Waals surface area contributed by atoms with Gasteiger partial charge in [-0.1, -0.05) is 0 Å². The Morgan fingerprint density at radius 2 is 1.02 bits per heavy atom. The fraction of sp³-hybridized carbons (Fsp3) is 0.400. The van der Waals surface area contributed by atoms with Crippen LogP contribution >= 0.6 is 4.20 Å². The van der Waals surface area contributed by atoms with Crippen LogP contribution < -0.4 is 14.5 Å². The summed E-state index contributed by atoms with van der Waals surface area (Å²) in [6.07, 6.45) is 2.22. The van der Waals surface area contributed by atoms with Gasteiger partial charge < -0.3 is 4.74 Å². The Morgan fingerprint density at radius 1 is 0.654 bits per heavy atom. The van der Waals surface area contributed by atoms with E-state index in [4.69, 9.17) is 9.73 Å². The second-order valence-corrected chi connectivity index (χ2v) is 27.6. The predicted octanol–water partition coefficient (Wildman–Crippen LogP) is 11.6. The average molecular weight is 908 g/mol. The molecule has 4 aromatic carbocycles. The summed E-state index contributed by atoms with van der Waals surface area (Å²) in [6.45, 7) is 28.1. The van der Waals surface area contributed by atoms with Crippen LogP contribution in [0.4, 0.5) is 11.4 Å². The third kappa shape index (κ3) is 13.7. The van der Waals surface area contributed by atoms with E-state index >= 15 is 0 Å². The number of benzene rings is 4. The van der Waals surface area contributed by atoms with Gasteiger partial charge in [-0.25, -0.2) is 0 Å². The maximum absolute atomic E-state index is 5.15. The molecule has 7 heteroatoms. The molecule has 52 heavy (non-hydrogen) atoms. The molecule has 0 aliphatic heterocycles. The second-order valence-electron chi connectivity index (χ2n) is 14.1. The van der Waals surface area contributed by atoms with Crippen LogP contribution in [0.1, 0.15) is 129 Å². The molecule has 0 fully saturated rings. The number of para-hydroxylation sites is 2. The molecule has 0 amide bonds. The Labute approximate surface area is 341 Å². The van der Waals surface area contributed by atoms with Crippen LogP contribution in [0.2, 0.25) is 0 Å². The normalized spacial score (nSPS) is 12.1. The van der Waals surface area contributed by atoms with Gasteiger partial charge in [0, 0.05) is 13.2 Å². The Morgan fingerprint density at radius 3 is 1.35 bits per heavy atom. The van der Waals surface area contributed by atoms with Gasteiger partial charge in [0.05, 0.1) is 0 Å². The Bertz CT molecular complexity index is 1670. The molecule has 3 nitrogen and oxygen atoms in total. The molecular formula is C45H61GeN2OPSe2. The van der Waals surface area contributed by atoms with Crippen molar-refractivity contribution in [1.29, 1.82) is 0 Å². The van der Waals surface area contributed by atoms with E-state index in [-0.39, 0.29) is 0 Å². The molecule has 0 spiro atoms. The van der Waals surface area contributed by atoms with Crippen molar-refractivity contribution in [3.63, 3.8) is 0 Å². The molecule has 0 atom stereocenters. The molecule has 0 saturated carbocycles. The molecule has 0 unspecified atom stereocenters. The first-order chi connectivity index (χ1) is 24.6. The molecule has 278 valence electrons. The van der Waals surface area contributed by atoms with Crippen LogP contribution in [-0.2, 0) is 4.74 Å². The Balaban J connectivity index is 0.000000383. The summed E-state index contributed by atoms with van der Waals surface area (Å²) in [5.41, 5.74) is 10.2. The van der Waals surface area contributed by atoms with Crippen LogP contribution in [-0.4, -0.2) is 66.3 Å². The summed E-state index contributed by atoms with van der Waals surface area (Å²) in [6, 6.07) is 34.5. The van der Waals surface area contributed by atoms with E-state index in [9.17, 15) is 0 Å². The summed E-state index contributed by atoms with van der Waals surface area (Å²) >= 11 is 8.87. The maximum atomic E-state index is 5.15. The minimum absolute atomic E-state index is 0.444. The molecule has 0 bridgehead atoms. The van der Waals surface area contributed by atoms with Crippen molar-refractivity contribution in [2.75, 3.05) is 17.1 Å². The van der Waals surface area contributed by atoms with Crippen LogP contribution in [0.3, 0.4) is 0 Å². The van der Waals surface area contributed by atoms with Crippen molar-refractivity contribution in [3.05, 3.63) is 131 Å². The summed E-state index contributed by atoms with van der Waals surface area (Å²) < 4.78 is 5.78. The fourth-order valence-corrected chi connectivity index (χ4v) is 10.9. The van der Waals surface area contributed by atoms with E-state index in [1.807, 2.05) is 13.8 Å². The molecule has 0 aliphatic rings. The van der Waals surface area contributed by atoms with E-state index < -0.39 is 4.20 Å². The van der Waals surface area contributed by atoms with Gasteiger partial charge in [0.25, 0.3) is 0 Å². The van der Waals surface area contributed by atoms with Crippen LogP contribution in [0.5, 0.6) is 0 Å². The number of aliphatic imine (C=N–C) groups is 1. The molecule has 0 N–H and O–H groups in total. The van der Waals surface area contributed by atoms with Gasteiger partial charge >= 0.3 is 312 Å². The summed E-state index contributed by atoms with van der Waals surface area (Å²) in [4.78, 5) is 5.15. The van der Waals surface area contributed by atoms with Crippen molar-refractivity contribution < 1.29 is 4.74 Å². The Hall–Kier alpha value is -1.94. The van der Waals surface area contributed by atoms with E-state index in [0.29, 0.717) is 23.7 Å². The van der Waals surface area contributed by atoms with Crippen molar-refractivity contribution in [2.45, 2.75) is 107 Å². The van der Waals surface area contributed by atoms with Gasteiger partial charge in [0.2, 0.25) is 0 Å². The summed E-state index contributed by atoms with van der Waals surface area (Å²) in [5, 5.41) is 2.72. The van der Waals surface area contributed by atoms with Gasteiger partial charge in [0.1, 0.15) is 0 Å². The van der Waals surface area contributed by atoms with Crippen molar-refractivity contribution >= 4 is 79.3 Å². The van der Waals surface area contributed by atoms with Gasteiger partial charge in [0.15, 0.2) is 0 Å². The number of anilines is 1. The number of ether oxygens (including phenoxy) is 1. The Kier molecular flexibility index (Phi) is 20.5.